The van der Waals surface area contributed by atoms with Crippen LogP contribution >= 0.6 is 0 Å². The molecule has 0 saturated carbocycles. The van der Waals surface area contributed by atoms with Crippen molar-refractivity contribution in [2.45, 2.75) is 64.1 Å². The fraction of sp³-hybridized carbons (Fsp3) is 0.667. The smallest absolute Gasteiger partial charge is 0.251 e. The average Bonchev–Trinajstić information content (AvgIpc) is 3.32. The van der Waals surface area contributed by atoms with E-state index in [9.17, 15) is 4.79 Å². The molecule has 2 saturated heterocycles. The van der Waals surface area contributed by atoms with E-state index in [4.69, 9.17) is 4.74 Å². The first kappa shape index (κ1) is 23.5. The van der Waals surface area contributed by atoms with Crippen molar-refractivity contribution >= 4 is 11.9 Å². The molecule has 1 aromatic carbocycles. The van der Waals surface area contributed by atoms with Crippen LogP contribution in [0.4, 0.5) is 0 Å². The van der Waals surface area contributed by atoms with E-state index in [1.165, 1.54) is 32.4 Å². The lowest BCUT2D eigenvalue weighted by molar-refractivity contribution is 0.0857. The van der Waals surface area contributed by atoms with Crippen LogP contribution in [0.3, 0.4) is 0 Å². The van der Waals surface area contributed by atoms with Crippen LogP contribution in [0.15, 0.2) is 29.3 Å². The van der Waals surface area contributed by atoms with Gasteiger partial charge in [0.15, 0.2) is 5.96 Å². The molecule has 2 heterocycles. The van der Waals surface area contributed by atoms with Crippen LogP contribution in [-0.4, -0.2) is 68.2 Å². The van der Waals surface area contributed by atoms with Gasteiger partial charge in [0, 0.05) is 44.4 Å². The molecule has 0 bridgehead atoms. The van der Waals surface area contributed by atoms with Crippen LogP contribution < -0.4 is 16.0 Å². The fourth-order valence-corrected chi connectivity index (χ4v) is 4.25. The first-order chi connectivity index (χ1) is 15.0. The number of rotatable bonds is 8. The highest BCUT2D eigenvalue weighted by Gasteiger charge is 2.27. The van der Waals surface area contributed by atoms with Crippen LogP contribution in [0.2, 0.25) is 0 Å². The zero-order chi connectivity index (χ0) is 22.1. The molecule has 3 rings (SSSR count). The third-order valence-electron chi connectivity index (χ3n) is 6.29. The first-order valence-corrected chi connectivity index (χ1v) is 11.7. The SMILES string of the molecule is CN=C(NCc1cccc(C(=O)NCC2CCCO2)c1)NCC(C)(C)N1CCCCC1. The van der Waals surface area contributed by atoms with Gasteiger partial charge in [-0.2, -0.15) is 0 Å². The molecule has 2 aliphatic rings. The number of benzene rings is 1. The number of nitrogens with zero attached hydrogens (tertiary/aromatic N) is 2. The maximum absolute atomic E-state index is 12.5. The number of carbonyl (C=O) groups is 1. The second-order valence-corrected chi connectivity index (χ2v) is 9.18. The Morgan fingerprint density at radius 1 is 1.16 bits per heavy atom. The van der Waals surface area contributed by atoms with Crippen molar-refractivity contribution in [3.05, 3.63) is 35.4 Å². The van der Waals surface area contributed by atoms with Crippen molar-refractivity contribution in [2.24, 2.45) is 4.99 Å². The summed E-state index contributed by atoms with van der Waals surface area (Å²) in [6.45, 7) is 9.73. The molecule has 7 heteroatoms. The molecule has 2 fully saturated rings. The Bertz CT molecular complexity index is 737. The molecule has 3 N–H and O–H groups in total. The number of nitrogens with one attached hydrogen (secondary N) is 3. The van der Waals surface area contributed by atoms with Gasteiger partial charge < -0.3 is 20.7 Å². The lowest BCUT2D eigenvalue weighted by Gasteiger charge is -2.41. The Morgan fingerprint density at radius 2 is 1.97 bits per heavy atom. The number of ether oxygens (including phenoxy) is 1. The highest BCUT2D eigenvalue weighted by atomic mass is 16.5. The number of carbonyl (C=O) groups excluding carboxylic acids is 1. The highest BCUT2D eigenvalue weighted by Crippen LogP contribution is 2.19. The summed E-state index contributed by atoms with van der Waals surface area (Å²) in [7, 11) is 1.79. The van der Waals surface area contributed by atoms with Crippen LogP contribution in [0.5, 0.6) is 0 Å². The number of hydrogen-bond donors (Lipinski definition) is 3. The summed E-state index contributed by atoms with van der Waals surface area (Å²) in [5.74, 6) is 0.724. The Kier molecular flexibility index (Phi) is 8.72. The Labute approximate surface area is 187 Å². The number of hydrogen-bond acceptors (Lipinski definition) is 4. The third kappa shape index (κ3) is 7.21. The quantitative estimate of drug-likeness (QED) is 0.437. The summed E-state index contributed by atoms with van der Waals surface area (Å²) in [6, 6.07) is 7.73. The zero-order valence-corrected chi connectivity index (χ0v) is 19.4. The maximum Gasteiger partial charge on any atom is 0.251 e. The Balaban J connectivity index is 1.46. The average molecular weight is 430 g/mol. The van der Waals surface area contributed by atoms with Crippen LogP contribution in [-0.2, 0) is 11.3 Å². The monoisotopic (exact) mass is 429 g/mol. The predicted octanol–water partition coefficient (Wildman–Crippen LogP) is 2.52. The number of piperidine rings is 1. The molecule has 0 spiro atoms. The second-order valence-electron chi connectivity index (χ2n) is 9.18. The molecule has 0 radical (unpaired) electrons. The maximum atomic E-state index is 12.5. The van der Waals surface area contributed by atoms with E-state index in [2.05, 4.69) is 39.7 Å². The molecular formula is C24H39N5O2. The molecular weight excluding hydrogens is 390 g/mol. The van der Waals surface area contributed by atoms with Crippen LogP contribution in [0, 0.1) is 0 Å². The number of aliphatic imine (C=N–C) groups is 1. The lowest BCUT2D eigenvalue weighted by atomic mass is 9.98. The minimum atomic E-state index is -0.0526. The van der Waals surface area contributed by atoms with Crippen LogP contribution in [0.1, 0.15) is 61.9 Å². The van der Waals surface area contributed by atoms with Crippen molar-refractivity contribution < 1.29 is 9.53 Å². The number of guanidine groups is 1. The second kappa shape index (κ2) is 11.5. The molecule has 1 amide bonds. The van der Waals surface area contributed by atoms with Gasteiger partial charge in [-0.3, -0.25) is 14.7 Å². The highest BCUT2D eigenvalue weighted by molar-refractivity contribution is 5.94. The summed E-state index contributed by atoms with van der Waals surface area (Å²) in [5.41, 5.74) is 1.80. The van der Waals surface area contributed by atoms with Crippen molar-refractivity contribution in [2.75, 3.05) is 39.8 Å². The van der Waals surface area contributed by atoms with E-state index in [-0.39, 0.29) is 17.6 Å². The van der Waals surface area contributed by atoms with E-state index >= 15 is 0 Å². The summed E-state index contributed by atoms with van der Waals surface area (Å²) in [4.78, 5) is 19.4. The van der Waals surface area contributed by atoms with E-state index in [0.717, 1.165) is 37.5 Å². The standard InChI is InChI=1S/C24H39N5O2/c1-24(2,29-12-5-4-6-13-29)18-28-23(25-3)27-16-19-9-7-10-20(15-19)22(30)26-17-21-11-8-14-31-21/h7,9-10,15,21H,4-6,8,11-14,16-18H2,1-3H3,(H,26,30)(H2,25,27,28). The first-order valence-electron chi connectivity index (χ1n) is 11.7. The van der Waals surface area contributed by atoms with Crippen molar-refractivity contribution in [3.63, 3.8) is 0 Å². The topological polar surface area (TPSA) is 78.0 Å². The Morgan fingerprint density at radius 3 is 2.68 bits per heavy atom. The molecule has 1 unspecified atom stereocenters. The van der Waals surface area contributed by atoms with E-state index in [0.29, 0.717) is 18.7 Å². The minimum Gasteiger partial charge on any atom is -0.376 e. The van der Waals surface area contributed by atoms with Crippen molar-refractivity contribution in [1.82, 2.24) is 20.9 Å². The number of likely N-dealkylation sites (tertiary alicyclic amines) is 1. The summed E-state index contributed by atoms with van der Waals surface area (Å²) >= 11 is 0. The van der Waals surface area contributed by atoms with Crippen molar-refractivity contribution in [3.8, 4) is 0 Å². The molecule has 7 nitrogen and oxygen atoms in total. The molecule has 0 aliphatic carbocycles. The third-order valence-corrected chi connectivity index (χ3v) is 6.29. The summed E-state index contributed by atoms with van der Waals surface area (Å²) < 4.78 is 5.58. The summed E-state index contributed by atoms with van der Waals surface area (Å²) in [6.07, 6.45) is 6.16. The number of amides is 1. The van der Waals surface area contributed by atoms with Gasteiger partial charge in [-0.1, -0.05) is 18.6 Å². The molecule has 172 valence electrons. The minimum absolute atomic E-state index is 0.0526. The van der Waals surface area contributed by atoms with Gasteiger partial charge in [-0.05, 0) is 70.3 Å². The van der Waals surface area contributed by atoms with E-state index < -0.39 is 0 Å². The van der Waals surface area contributed by atoms with Gasteiger partial charge in [-0.25, -0.2) is 0 Å². The zero-order valence-electron chi connectivity index (χ0n) is 19.4. The van der Waals surface area contributed by atoms with Gasteiger partial charge in [0.25, 0.3) is 5.91 Å². The van der Waals surface area contributed by atoms with Gasteiger partial charge >= 0.3 is 0 Å². The molecule has 31 heavy (non-hydrogen) atoms. The molecule has 0 aromatic heterocycles. The van der Waals surface area contributed by atoms with Crippen molar-refractivity contribution in [1.29, 1.82) is 0 Å². The van der Waals surface area contributed by atoms with E-state index in [1.807, 2.05) is 24.3 Å². The normalized spacial score (nSPS) is 20.5. The van der Waals surface area contributed by atoms with Gasteiger partial charge in [0.05, 0.1) is 6.10 Å². The summed E-state index contributed by atoms with van der Waals surface area (Å²) in [5, 5.41) is 9.83. The molecule has 2 aliphatic heterocycles. The predicted molar refractivity (Wildman–Crippen MR) is 125 cm³/mol. The van der Waals surface area contributed by atoms with E-state index in [1.54, 1.807) is 7.05 Å². The molecule has 1 atom stereocenters. The van der Waals surface area contributed by atoms with Gasteiger partial charge in [0.2, 0.25) is 0 Å². The van der Waals surface area contributed by atoms with Gasteiger partial charge in [0.1, 0.15) is 0 Å². The fourth-order valence-electron chi connectivity index (χ4n) is 4.25. The molecule has 1 aromatic rings. The largest absolute Gasteiger partial charge is 0.376 e. The lowest BCUT2D eigenvalue weighted by Crippen LogP contribution is -2.54. The van der Waals surface area contributed by atoms with Crippen LogP contribution in [0.25, 0.3) is 0 Å². The Hall–Kier alpha value is -2.12. The van der Waals surface area contributed by atoms with Gasteiger partial charge in [-0.15, -0.1) is 0 Å².